The van der Waals surface area contributed by atoms with Crippen LogP contribution >= 0.6 is 31.9 Å². The largest absolute Gasteiger partial charge is 0.496 e. The summed E-state index contributed by atoms with van der Waals surface area (Å²) in [5.74, 6) is 2.74. The van der Waals surface area contributed by atoms with Crippen LogP contribution in [0.25, 0.3) is 0 Å². The van der Waals surface area contributed by atoms with Crippen molar-refractivity contribution in [2.24, 2.45) is 0 Å². The number of ether oxygens (including phenoxy) is 3. The van der Waals surface area contributed by atoms with Gasteiger partial charge in [-0.2, -0.15) is 0 Å². The van der Waals surface area contributed by atoms with Crippen LogP contribution in [-0.4, -0.2) is 21.3 Å². The van der Waals surface area contributed by atoms with Crippen molar-refractivity contribution in [1.29, 1.82) is 0 Å². The Morgan fingerprint density at radius 3 is 2.00 bits per heavy atom. The second kappa shape index (κ2) is 6.54. The SMILES string of the molecule is COc1cc(OC)c(C(Br)c2ccc(Br)o2)c(OC)c1. The number of hydrogen-bond donors (Lipinski definition) is 0. The van der Waals surface area contributed by atoms with E-state index in [1.807, 2.05) is 24.3 Å². The lowest BCUT2D eigenvalue weighted by Gasteiger charge is -2.17. The summed E-state index contributed by atoms with van der Waals surface area (Å²) >= 11 is 6.92. The van der Waals surface area contributed by atoms with Crippen molar-refractivity contribution in [3.63, 3.8) is 0 Å². The molecule has 1 aromatic heterocycles. The first-order chi connectivity index (χ1) is 9.60. The van der Waals surface area contributed by atoms with Gasteiger partial charge < -0.3 is 18.6 Å². The fourth-order valence-corrected chi connectivity index (χ4v) is 2.91. The second-order valence-corrected chi connectivity index (χ2v) is 5.65. The van der Waals surface area contributed by atoms with Gasteiger partial charge in [-0.15, -0.1) is 0 Å². The standard InChI is InChI=1S/C14H14Br2O4/c1-17-8-6-10(18-2)13(11(7-8)19-3)14(16)9-4-5-12(15)20-9/h4-7,14H,1-3H3. The summed E-state index contributed by atoms with van der Waals surface area (Å²) in [6.07, 6.45) is 0. The molecular formula is C14H14Br2O4. The number of alkyl halides is 1. The van der Waals surface area contributed by atoms with Gasteiger partial charge in [-0.05, 0) is 28.1 Å². The molecule has 1 atom stereocenters. The molecule has 0 bridgehead atoms. The minimum absolute atomic E-state index is 0.190. The molecule has 0 radical (unpaired) electrons. The molecule has 0 saturated heterocycles. The molecule has 0 spiro atoms. The van der Waals surface area contributed by atoms with Crippen molar-refractivity contribution in [1.82, 2.24) is 0 Å². The first-order valence-corrected chi connectivity index (χ1v) is 7.50. The molecule has 0 N–H and O–H groups in total. The first kappa shape index (κ1) is 15.3. The number of benzene rings is 1. The quantitative estimate of drug-likeness (QED) is 0.684. The molecule has 0 aliphatic rings. The molecule has 0 fully saturated rings. The van der Waals surface area contributed by atoms with E-state index in [4.69, 9.17) is 18.6 Å². The summed E-state index contributed by atoms with van der Waals surface area (Å²) in [6.45, 7) is 0. The summed E-state index contributed by atoms with van der Waals surface area (Å²) in [6, 6.07) is 7.34. The average molecular weight is 406 g/mol. The number of methoxy groups -OCH3 is 3. The fraction of sp³-hybridized carbons (Fsp3) is 0.286. The molecule has 2 rings (SSSR count). The van der Waals surface area contributed by atoms with Crippen molar-refractivity contribution in [2.75, 3.05) is 21.3 Å². The highest BCUT2D eigenvalue weighted by Crippen LogP contribution is 2.45. The highest BCUT2D eigenvalue weighted by atomic mass is 79.9. The Morgan fingerprint density at radius 2 is 1.60 bits per heavy atom. The van der Waals surface area contributed by atoms with E-state index < -0.39 is 0 Å². The summed E-state index contributed by atoms with van der Waals surface area (Å²) in [4.78, 5) is -0.190. The van der Waals surface area contributed by atoms with E-state index in [-0.39, 0.29) is 4.83 Å². The number of furan rings is 1. The van der Waals surface area contributed by atoms with Crippen LogP contribution in [0, 0.1) is 0 Å². The smallest absolute Gasteiger partial charge is 0.169 e. The Morgan fingerprint density at radius 1 is 1.00 bits per heavy atom. The number of hydrogen-bond acceptors (Lipinski definition) is 4. The minimum atomic E-state index is -0.190. The summed E-state index contributed by atoms with van der Waals surface area (Å²) in [5, 5.41) is 0. The van der Waals surface area contributed by atoms with Crippen molar-refractivity contribution in [3.05, 3.63) is 40.3 Å². The Labute approximate surface area is 134 Å². The van der Waals surface area contributed by atoms with Crippen LogP contribution < -0.4 is 14.2 Å². The molecule has 0 saturated carbocycles. The lowest BCUT2D eigenvalue weighted by atomic mass is 10.1. The summed E-state index contributed by atoms with van der Waals surface area (Å²) in [7, 11) is 4.81. The maximum Gasteiger partial charge on any atom is 0.169 e. The molecule has 0 aliphatic carbocycles. The third-order valence-electron chi connectivity index (χ3n) is 2.85. The van der Waals surface area contributed by atoms with Crippen LogP contribution in [0.15, 0.2) is 33.4 Å². The molecule has 0 amide bonds. The highest BCUT2D eigenvalue weighted by Gasteiger charge is 2.24. The summed E-state index contributed by atoms with van der Waals surface area (Å²) in [5.41, 5.74) is 0.845. The maximum atomic E-state index is 5.58. The molecule has 0 aliphatic heterocycles. The minimum Gasteiger partial charge on any atom is -0.496 e. The van der Waals surface area contributed by atoms with E-state index in [2.05, 4.69) is 31.9 Å². The van der Waals surface area contributed by atoms with Crippen molar-refractivity contribution in [2.45, 2.75) is 4.83 Å². The Balaban J connectivity index is 2.53. The van der Waals surface area contributed by atoms with Crippen LogP contribution in [0.5, 0.6) is 17.2 Å². The van der Waals surface area contributed by atoms with E-state index in [1.54, 1.807) is 21.3 Å². The van der Waals surface area contributed by atoms with Gasteiger partial charge in [-0.3, -0.25) is 0 Å². The van der Waals surface area contributed by atoms with Gasteiger partial charge >= 0.3 is 0 Å². The molecule has 4 nitrogen and oxygen atoms in total. The number of rotatable bonds is 5. The van der Waals surface area contributed by atoms with Crippen molar-refractivity contribution >= 4 is 31.9 Å². The highest BCUT2D eigenvalue weighted by molar-refractivity contribution is 9.10. The Bertz CT molecular complexity index is 570. The lowest BCUT2D eigenvalue weighted by molar-refractivity contribution is 0.367. The van der Waals surface area contributed by atoms with E-state index in [1.165, 1.54) is 0 Å². The maximum absolute atomic E-state index is 5.58. The zero-order valence-corrected chi connectivity index (χ0v) is 14.4. The molecule has 1 heterocycles. The predicted octanol–water partition coefficient (Wildman–Crippen LogP) is 4.55. The average Bonchev–Trinajstić information content (AvgIpc) is 2.91. The normalized spacial score (nSPS) is 12.1. The molecule has 1 aromatic carbocycles. The van der Waals surface area contributed by atoms with Crippen LogP contribution in [0.4, 0.5) is 0 Å². The predicted molar refractivity (Wildman–Crippen MR) is 83.3 cm³/mol. The van der Waals surface area contributed by atoms with Gasteiger partial charge in [-0.1, -0.05) is 15.9 Å². The van der Waals surface area contributed by atoms with Crippen molar-refractivity contribution < 1.29 is 18.6 Å². The Hall–Kier alpha value is -1.14. The first-order valence-electron chi connectivity index (χ1n) is 5.80. The van der Waals surface area contributed by atoms with Gasteiger partial charge in [0.15, 0.2) is 4.67 Å². The molecule has 6 heteroatoms. The van der Waals surface area contributed by atoms with Crippen molar-refractivity contribution in [3.8, 4) is 17.2 Å². The van der Waals surface area contributed by atoms with Gasteiger partial charge in [0.05, 0.1) is 26.9 Å². The third kappa shape index (κ3) is 2.96. The Kier molecular flexibility index (Phi) is 4.99. The molecule has 20 heavy (non-hydrogen) atoms. The molecule has 1 unspecified atom stereocenters. The van der Waals surface area contributed by atoms with Crippen LogP contribution in [0.2, 0.25) is 0 Å². The van der Waals surface area contributed by atoms with Gasteiger partial charge in [-0.25, -0.2) is 0 Å². The van der Waals surface area contributed by atoms with Crippen LogP contribution in [-0.2, 0) is 0 Å². The number of halogens is 2. The van der Waals surface area contributed by atoms with Gasteiger partial charge in [0.1, 0.15) is 27.8 Å². The van der Waals surface area contributed by atoms with Crippen LogP contribution in [0.1, 0.15) is 16.2 Å². The van der Waals surface area contributed by atoms with Gasteiger partial charge in [0.25, 0.3) is 0 Å². The van der Waals surface area contributed by atoms with E-state index in [0.29, 0.717) is 21.9 Å². The molecule has 108 valence electrons. The third-order valence-corrected chi connectivity index (χ3v) is 4.19. The lowest BCUT2D eigenvalue weighted by Crippen LogP contribution is -2.01. The topological polar surface area (TPSA) is 40.8 Å². The molecular weight excluding hydrogens is 392 g/mol. The summed E-state index contributed by atoms with van der Waals surface area (Å²) < 4.78 is 22.4. The monoisotopic (exact) mass is 404 g/mol. The van der Waals surface area contributed by atoms with Gasteiger partial charge in [0.2, 0.25) is 0 Å². The second-order valence-electron chi connectivity index (χ2n) is 3.95. The van der Waals surface area contributed by atoms with E-state index in [0.717, 1.165) is 11.3 Å². The zero-order valence-electron chi connectivity index (χ0n) is 11.3. The molecule has 2 aromatic rings. The van der Waals surface area contributed by atoms with Crippen LogP contribution in [0.3, 0.4) is 0 Å². The fourth-order valence-electron chi connectivity index (χ4n) is 1.89. The zero-order chi connectivity index (χ0) is 14.7. The van der Waals surface area contributed by atoms with E-state index in [9.17, 15) is 0 Å². The van der Waals surface area contributed by atoms with E-state index >= 15 is 0 Å². The van der Waals surface area contributed by atoms with Gasteiger partial charge in [0, 0.05) is 12.1 Å².